The molecule has 0 spiro atoms. The highest BCUT2D eigenvalue weighted by Crippen LogP contribution is 2.66. The lowest BCUT2D eigenvalue weighted by Gasteiger charge is -2.61. The highest BCUT2D eigenvalue weighted by molar-refractivity contribution is 5.87. The average molecular weight is 349 g/mol. The summed E-state index contributed by atoms with van der Waals surface area (Å²) < 4.78 is 0. The highest BCUT2D eigenvalue weighted by atomic mass is 16.3. The van der Waals surface area contributed by atoms with Crippen LogP contribution < -0.4 is 0 Å². The molecule has 4 aliphatic carbocycles. The largest absolute Gasteiger partial charge is 0.396 e. The van der Waals surface area contributed by atoms with Crippen LogP contribution in [0.1, 0.15) is 84.5 Å². The van der Waals surface area contributed by atoms with Gasteiger partial charge in [0.1, 0.15) is 5.78 Å². The number of hydrogen-bond donors (Lipinski definition) is 2. The predicted octanol–water partition coefficient (Wildman–Crippen LogP) is 4.10. The fraction of sp³-hybridized carbons (Fsp3) is 0.955. The minimum Gasteiger partial charge on any atom is -0.396 e. The van der Waals surface area contributed by atoms with Crippen molar-refractivity contribution >= 4 is 5.78 Å². The van der Waals surface area contributed by atoms with Crippen LogP contribution in [0.15, 0.2) is 0 Å². The Kier molecular flexibility index (Phi) is 4.35. The molecule has 0 aromatic heterocycles. The summed E-state index contributed by atoms with van der Waals surface area (Å²) in [5.41, 5.74) is -0.228. The topological polar surface area (TPSA) is 57.5 Å². The van der Waals surface area contributed by atoms with E-state index in [1.54, 1.807) is 0 Å². The van der Waals surface area contributed by atoms with Crippen molar-refractivity contribution in [3.63, 3.8) is 0 Å². The van der Waals surface area contributed by atoms with Crippen LogP contribution >= 0.6 is 0 Å². The van der Waals surface area contributed by atoms with E-state index in [4.69, 9.17) is 5.11 Å². The number of hydrogen-bond acceptors (Lipinski definition) is 3. The van der Waals surface area contributed by atoms with Crippen LogP contribution in [-0.4, -0.2) is 28.2 Å². The van der Waals surface area contributed by atoms with Gasteiger partial charge >= 0.3 is 0 Å². The molecule has 3 nitrogen and oxygen atoms in total. The normalized spacial score (nSPS) is 52.4. The molecule has 4 aliphatic rings. The van der Waals surface area contributed by atoms with E-state index in [9.17, 15) is 9.90 Å². The Hall–Kier alpha value is -0.410. The number of aliphatic hydroxyl groups excluding tert-OH is 1. The van der Waals surface area contributed by atoms with Gasteiger partial charge in [-0.1, -0.05) is 13.8 Å². The maximum Gasteiger partial charge on any atom is 0.139 e. The van der Waals surface area contributed by atoms with Crippen LogP contribution in [0.3, 0.4) is 0 Å². The lowest BCUT2D eigenvalue weighted by molar-refractivity contribution is -0.155. The molecule has 25 heavy (non-hydrogen) atoms. The molecule has 7 atom stereocenters. The maximum absolute atomic E-state index is 12.5. The zero-order valence-electron chi connectivity index (χ0n) is 16.1. The molecule has 0 saturated heterocycles. The molecule has 0 aromatic rings. The first-order valence-corrected chi connectivity index (χ1v) is 10.7. The maximum atomic E-state index is 12.5. The van der Waals surface area contributed by atoms with E-state index in [0.29, 0.717) is 29.5 Å². The van der Waals surface area contributed by atoms with Gasteiger partial charge in [-0.2, -0.15) is 0 Å². The number of carbonyl (C=O) groups excluding carboxylic acids is 1. The third-order valence-corrected chi connectivity index (χ3v) is 9.33. The summed E-state index contributed by atoms with van der Waals surface area (Å²) in [6.45, 7) is 4.94. The highest BCUT2D eigenvalue weighted by Gasteiger charge is 2.61. The van der Waals surface area contributed by atoms with E-state index < -0.39 is 5.60 Å². The van der Waals surface area contributed by atoms with E-state index in [2.05, 4.69) is 13.8 Å². The van der Waals surface area contributed by atoms with Crippen LogP contribution in [-0.2, 0) is 4.79 Å². The van der Waals surface area contributed by atoms with Crippen molar-refractivity contribution in [2.75, 3.05) is 6.61 Å². The van der Waals surface area contributed by atoms with Gasteiger partial charge in [0, 0.05) is 18.4 Å². The summed E-state index contributed by atoms with van der Waals surface area (Å²) in [6.07, 6.45) is 11.1. The molecule has 1 unspecified atom stereocenters. The molecule has 2 N–H and O–H groups in total. The Morgan fingerprint density at radius 1 is 1.04 bits per heavy atom. The molecular formula is C22H36O3. The summed E-state index contributed by atoms with van der Waals surface area (Å²) in [7, 11) is 0. The Labute approximate surface area is 152 Å². The van der Waals surface area contributed by atoms with Gasteiger partial charge in [-0.15, -0.1) is 0 Å². The van der Waals surface area contributed by atoms with Crippen molar-refractivity contribution in [3.05, 3.63) is 0 Å². The van der Waals surface area contributed by atoms with E-state index in [0.717, 1.165) is 56.8 Å². The first-order chi connectivity index (χ1) is 11.8. The first-order valence-electron chi connectivity index (χ1n) is 10.7. The van der Waals surface area contributed by atoms with Crippen LogP contribution in [0.2, 0.25) is 0 Å². The summed E-state index contributed by atoms with van der Waals surface area (Å²) in [5, 5.41) is 20.2. The number of fused-ring (bicyclic) bond motifs is 5. The Bertz CT molecular complexity index is 545. The lowest BCUT2D eigenvalue weighted by Crippen LogP contribution is -2.56. The van der Waals surface area contributed by atoms with Gasteiger partial charge in [-0.05, 0) is 93.3 Å². The van der Waals surface area contributed by atoms with Crippen LogP contribution in [0.5, 0.6) is 0 Å². The quantitative estimate of drug-likeness (QED) is 0.807. The first kappa shape index (κ1) is 18.0. The van der Waals surface area contributed by atoms with E-state index in [1.807, 2.05) is 0 Å². The molecule has 0 heterocycles. The van der Waals surface area contributed by atoms with Crippen molar-refractivity contribution in [2.45, 2.75) is 90.1 Å². The van der Waals surface area contributed by atoms with Crippen molar-refractivity contribution in [2.24, 2.45) is 34.5 Å². The monoisotopic (exact) mass is 348 g/mol. The van der Waals surface area contributed by atoms with E-state index in [1.165, 1.54) is 19.3 Å². The Morgan fingerprint density at radius 3 is 2.60 bits per heavy atom. The molecule has 0 aliphatic heterocycles. The Morgan fingerprint density at radius 2 is 1.84 bits per heavy atom. The second kappa shape index (κ2) is 6.05. The molecule has 0 bridgehead atoms. The SMILES string of the molecule is C[C@]12CC[C@](O)(CCCO)CC1CC[C@@H]1[C@@H]2CC[C@]2(C)C(=O)CC[C@@H]12. The molecule has 4 saturated carbocycles. The van der Waals surface area contributed by atoms with E-state index >= 15 is 0 Å². The molecule has 0 radical (unpaired) electrons. The third-order valence-electron chi connectivity index (χ3n) is 9.33. The van der Waals surface area contributed by atoms with Crippen molar-refractivity contribution in [1.29, 1.82) is 0 Å². The predicted molar refractivity (Wildman–Crippen MR) is 98.0 cm³/mol. The molecule has 142 valence electrons. The number of aliphatic hydroxyl groups is 2. The van der Waals surface area contributed by atoms with Crippen LogP contribution in [0.4, 0.5) is 0 Å². The number of carbonyl (C=O) groups is 1. The van der Waals surface area contributed by atoms with Gasteiger partial charge < -0.3 is 10.2 Å². The zero-order chi connectivity index (χ0) is 17.9. The minimum absolute atomic E-state index is 0.0269. The number of rotatable bonds is 3. The molecule has 3 heteroatoms. The van der Waals surface area contributed by atoms with Gasteiger partial charge in [0.25, 0.3) is 0 Å². The summed E-state index contributed by atoms with van der Waals surface area (Å²) >= 11 is 0. The smallest absolute Gasteiger partial charge is 0.139 e. The summed E-state index contributed by atoms with van der Waals surface area (Å²) in [4.78, 5) is 12.5. The molecule has 0 aromatic carbocycles. The number of ketones is 1. The lowest BCUT2D eigenvalue weighted by atomic mass is 9.44. The van der Waals surface area contributed by atoms with Gasteiger partial charge in [0.2, 0.25) is 0 Å². The fourth-order valence-corrected chi connectivity index (χ4v) is 7.73. The minimum atomic E-state index is -0.549. The molecule has 0 amide bonds. The second-order valence-electron chi connectivity index (χ2n) is 10.3. The summed E-state index contributed by atoms with van der Waals surface area (Å²) in [6, 6.07) is 0. The summed E-state index contributed by atoms with van der Waals surface area (Å²) in [5.74, 6) is 3.25. The standard InChI is InChI=1S/C22H36O3/c1-20-11-12-22(25,9-3-13-23)14-15(20)4-5-16-17-6-7-19(24)21(17,2)10-8-18(16)20/h15-18,23,25H,3-14H2,1-2H3/t15?,16-,17-,18-,20-,21-,22+/m0/s1. The van der Waals surface area contributed by atoms with E-state index in [-0.39, 0.29) is 12.0 Å². The second-order valence-corrected chi connectivity index (χ2v) is 10.3. The van der Waals surface area contributed by atoms with Crippen molar-refractivity contribution < 1.29 is 15.0 Å². The molecular weight excluding hydrogens is 312 g/mol. The van der Waals surface area contributed by atoms with Gasteiger partial charge in [-0.3, -0.25) is 4.79 Å². The van der Waals surface area contributed by atoms with Gasteiger partial charge in [-0.25, -0.2) is 0 Å². The van der Waals surface area contributed by atoms with Crippen LogP contribution in [0, 0.1) is 34.5 Å². The van der Waals surface area contributed by atoms with Crippen LogP contribution in [0.25, 0.3) is 0 Å². The zero-order valence-corrected chi connectivity index (χ0v) is 16.1. The number of Topliss-reactive ketones (excluding diaryl/α,β-unsaturated/α-hetero) is 1. The average Bonchev–Trinajstić information content (AvgIpc) is 2.89. The third kappa shape index (κ3) is 2.64. The Balaban J connectivity index is 1.54. The van der Waals surface area contributed by atoms with Crippen molar-refractivity contribution in [3.8, 4) is 0 Å². The molecule has 4 rings (SSSR count). The van der Waals surface area contributed by atoms with Gasteiger partial charge in [0.05, 0.1) is 5.60 Å². The fourth-order valence-electron chi connectivity index (χ4n) is 7.73. The van der Waals surface area contributed by atoms with Crippen molar-refractivity contribution in [1.82, 2.24) is 0 Å². The van der Waals surface area contributed by atoms with Gasteiger partial charge in [0.15, 0.2) is 0 Å². The molecule has 4 fully saturated rings.